The number of aryl methyl sites for hydroxylation is 1. The van der Waals surface area contributed by atoms with Crippen LogP contribution in [0.3, 0.4) is 0 Å². The summed E-state index contributed by atoms with van der Waals surface area (Å²) in [5.41, 5.74) is -0.146. The third kappa shape index (κ3) is 2.79. The number of aliphatic hydroxyl groups is 1. The summed E-state index contributed by atoms with van der Waals surface area (Å²) in [4.78, 5) is 15.7. The van der Waals surface area contributed by atoms with Crippen molar-refractivity contribution >= 4 is 5.82 Å². The first-order chi connectivity index (χ1) is 7.22. The average molecular weight is 211 g/mol. The number of rotatable bonds is 5. The van der Waals surface area contributed by atoms with E-state index in [4.69, 9.17) is 5.11 Å². The summed E-state index contributed by atoms with van der Waals surface area (Å²) in [6.45, 7) is 4.45. The Morgan fingerprint density at radius 3 is 2.87 bits per heavy atom. The monoisotopic (exact) mass is 211 g/mol. The van der Waals surface area contributed by atoms with Crippen molar-refractivity contribution in [2.75, 3.05) is 11.9 Å². The molecule has 84 valence electrons. The molecule has 0 saturated carbocycles. The average Bonchev–Trinajstić information content (AvgIpc) is 2.28. The van der Waals surface area contributed by atoms with Crippen LogP contribution in [0.2, 0.25) is 0 Å². The lowest BCUT2D eigenvalue weighted by molar-refractivity contribution is 0.271. The number of anilines is 1. The molecule has 0 spiro atoms. The SMILES string of the molecule is CC[C@H](CO)Nc1nccn(CC)c1=O. The van der Waals surface area contributed by atoms with E-state index in [-0.39, 0.29) is 18.2 Å². The molecule has 0 unspecified atom stereocenters. The van der Waals surface area contributed by atoms with Crippen molar-refractivity contribution < 1.29 is 5.11 Å². The molecule has 2 N–H and O–H groups in total. The van der Waals surface area contributed by atoms with Gasteiger partial charge in [0.15, 0.2) is 5.82 Å². The first kappa shape index (κ1) is 11.7. The highest BCUT2D eigenvalue weighted by molar-refractivity contribution is 5.32. The Hall–Kier alpha value is -1.36. The molecule has 1 heterocycles. The highest BCUT2D eigenvalue weighted by Crippen LogP contribution is 1.99. The van der Waals surface area contributed by atoms with Crippen LogP contribution in [0, 0.1) is 0 Å². The maximum absolute atomic E-state index is 11.7. The van der Waals surface area contributed by atoms with Gasteiger partial charge in [-0.25, -0.2) is 4.98 Å². The van der Waals surface area contributed by atoms with Crippen molar-refractivity contribution in [1.82, 2.24) is 9.55 Å². The smallest absolute Gasteiger partial charge is 0.293 e. The van der Waals surface area contributed by atoms with Crippen molar-refractivity contribution in [3.05, 3.63) is 22.7 Å². The van der Waals surface area contributed by atoms with E-state index < -0.39 is 0 Å². The lowest BCUT2D eigenvalue weighted by Crippen LogP contribution is -2.30. The van der Waals surface area contributed by atoms with Crippen LogP contribution in [0.1, 0.15) is 20.3 Å². The van der Waals surface area contributed by atoms with Gasteiger partial charge in [-0.2, -0.15) is 0 Å². The van der Waals surface area contributed by atoms with Crippen LogP contribution in [-0.4, -0.2) is 27.3 Å². The van der Waals surface area contributed by atoms with Crippen molar-refractivity contribution in [2.24, 2.45) is 0 Å². The van der Waals surface area contributed by atoms with E-state index in [2.05, 4.69) is 10.3 Å². The minimum absolute atomic E-state index is 0.00135. The number of nitrogens with zero attached hydrogens (tertiary/aromatic N) is 2. The maximum Gasteiger partial charge on any atom is 0.293 e. The number of nitrogens with one attached hydrogen (secondary N) is 1. The molecule has 5 nitrogen and oxygen atoms in total. The molecule has 15 heavy (non-hydrogen) atoms. The van der Waals surface area contributed by atoms with E-state index in [1.54, 1.807) is 17.0 Å². The van der Waals surface area contributed by atoms with Crippen LogP contribution in [-0.2, 0) is 6.54 Å². The fourth-order valence-corrected chi connectivity index (χ4v) is 1.27. The molecule has 1 rings (SSSR count). The molecule has 0 bridgehead atoms. The Balaban J connectivity index is 2.90. The fraction of sp³-hybridized carbons (Fsp3) is 0.600. The minimum Gasteiger partial charge on any atom is -0.394 e. The maximum atomic E-state index is 11.7. The summed E-state index contributed by atoms with van der Waals surface area (Å²) in [6, 6.07) is -0.113. The standard InChI is InChI=1S/C10H17N3O2/c1-3-8(7-14)12-9-10(15)13(4-2)6-5-11-9/h5-6,8,14H,3-4,7H2,1-2H3,(H,11,12)/t8-/m1/s1. The molecule has 0 aliphatic rings. The third-order valence-corrected chi connectivity index (χ3v) is 2.31. The molecule has 1 atom stereocenters. The highest BCUT2D eigenvalue weighted by atomic mass is 16.3. The van der Waals surface area contributed by atoms with Crippen molar-refractivity contribution in [3.8, 4) is 0 Å². The summed E-state index contributed by atoms with van der Waals surface area (Å²) in [5.74, 6) is 0.306. The minimum atomic E-state index is -0.146. The lowest BCUT2D eigenvalue weighted by atomic mass is 10.2. The van der Waals surface area contributed by atoms with Crippen LogP contribution < -0.4 is 10.9 Å². The zero-order valence-electron chi connectivity index (χ0n) is 9.10. The largest absolute Gasteiger partial charge is 0.394 e. The van der Waals surface area contributed by atoms with Gasteiger partial charge in [0.05, 0.1) is 12.6 Å². The number of hydrogen-bond acceptors (Lipinski definition) is 4. The van der Waals surface area contributed by atoms with E-state index in [1.807, 2.05) is 13.8 Å². The Morgan fingerprint density at radius 1 is 1.60 bits per heavy atom. The number of aliphatic hydroxyl groups excluding tert-OH is 1. The molecule has 1 aromatic heterocycles. The first-order valence-corrected chi connectivity index (χ1v) is 5.15. The van der Waals surface area contributed by atoms with Gasteiger partial charge >= 0.3 is 0 Å². The molecule has 0 radical (unpaired) electrons. The Labute approximate surface area is 88.8 Å². The van der Waals surface area contributed by atoms with Crippen LogP contribution in [0.5, 0.6) is 0 Å². The van der Waals surface area contributed by atoms with Gasteiger partial charge in [-0.1, -0.05) is 6.92 Å². The van der Waals surface area contributed by atoms with Gasteiger partial charge < -0.3 is 15.0 Å². The lowest BCUT2D eigenvalue weighted by Gasteiger charge is -2.14. The second kappa shape index (κ2) is 5.50. The van der Waals surface area contributed by atoms with Crippen molar-refractivity contribution in [1.29, 1.82) is 0 Å². The highest BCUT2D eigenvalue weighted by Gasteiger charge is 2.08. The number of hydrogen-bond donors (Lipinski definition) is 2. The van der Waals surface area contributed by atoms with Crippen LogP contribution in [0.4, 0.5) is 5.82 Å². The molecule has 0 amide bonds. The predicted molar refractivity (Wildman–Crippen MR) is 59.0 cm³/mol. The van der Waals surface area contributed by atoms with Crippen LogP contribution >= 0.6 is 0 Å². The zero-order chi connectivity index (χ0) is 11.3. The summed E-state index contributed by atoms with van der Waals surface area (Å²) < 4.78 is 1.57. The summed E-state index contributed by atoms with van der Waals surface area (Å²) in [7, 11) is 0. The zero-order valence-corrected chi connectivity index (χ0v) is 9.10. The molecule has 0 aliphatic heterocycles. The Morgan fingerprint density at radius 2 is 2.33 bits per heavy atom. The van der Waals surface area contributed by atoms with Gasteiger partial charge in [-0.15, -0.1) is 0 Å². The first-order valence-electron chi connectivity index (χ1n) is 5.15. The van der Waals surface area contributed by atoms with Crippen molar-refractivity contribution in [2.45, 2.75) is 32.9 Å². The van der Waals surface area contributed by atoms with Gasteiger partial charge in [0.2, 0.25) is 0 Å². The predicted octanol–water partition coefficient (Wildman–Crippen LogP) is 0.446. The van der Waals surface area contributed by atoms with E-state index in [1.165, 1.54) is 0 Å². The normalized spacial score (nSPS) is 12.5. The van der Waals surface area contributed by atoms with Gasteiger partial charge in [0.1, 0.15) is 0 Å². The Kier molecular flexibility index (Phi) is 4.30. The van der Waals surface area contributed by atoms with Gasteiger partial charge in [0.25, 0.3) is 5.56 Å². The molecule has 0 fully saturated rings. The van der Waals surface area contributed by atoms with Crippen LogP contribution in [0.15, 0.2) is 17.2 Å². The molecule has 5 heteroatoms. The van der Waals surface area contributed by atoms with Gasteiger partial charge in [-0.05, 0) is 13.3 Å². The second-order valence-electron chi connectivity index (χ2n) is 3.30. The summed E-state index contributed by atoms with van der Waals surface area (Å²) in [6.07, 6.45) is 3.98. The van der Waals surface area contributed by atoms with E-state index in [0.717, 1.165) is 6.42 Å². The molecular formula is C10H17N3O2. The Bertz CT molecular complexity index is 358. The molecular weight excluding hydrogens is 194 g/mol. The summed E-state index contributed by atoms with van der Waals surface area (Å²) in [5, 5.41) is 11.9. The van der Waals surface area contributed by atoms with Gasteiger partial charge in [0, 0.05) is 18.9 Å². The van der Waals surface area contributed by atoms with Crippen molar-refractivity contribution in [3.63, 3.8) is 0 Å². The molecule has 1 aromatic rings. The summed E-state index contributed by atoms with van der Waals surface area (Å²) >= 11 is 0. The molecule has 0 aliphatic carbocycles. The topological polar surface area (TPSA) is 67.2 Å². The van der Waals surface area contributed by atoms with Crippen LogP contribution in [0.25, 0.3) is 0 Å². The number of aromatic nitrogens is 2. The fourth-order valence-electron chi connectivity index (χ4n) is 1.27. The van der Waals surface area contributed by atoms with E-state index in [0.29, 0.717) is 12.4 Å². The van der Waals surface area contributed by atoms with E-state index in [9.17, 15) is 4.79 Å². The second-order valence-corrected chi connectivity index (χ2v) is 3.30. The third-order valence-electron chi connectivity index (χ3n) is 2.31. The van der Waals surface area contributed by atoms with Gasteiger partial charge in [-0.3, -0.25) is 4.79 Å². The van der Waals surface area contributed by atoms with E-state index >= 15 is 0 Å². The quantitative estimate of drug-likeness (QED) is 0.742. The molecule has 0 saturated heterocycles. The molecule has 0 aromatic carbocycles.